The molecule has 0 nitrogen and oxygen atoms in total. The molecule has 0 heterocycles. The Morgan fingerprint density at radius 2 is 2.00 bits per heavy atom. The fourth-order valence-corrected chi connectivity index (χ4v) is 2.02. The Balaban J connectivity index is 2.63. The number of allylic oxidation sites excluding steroid dienone is 3. The van der Waals surface area contributed by atoms with Gasteiger partial charge in [0.05, 0.1) is 0 Å². The zero-order valence-electron chi connectivity index (χ0n) is 8.77. The first-order valence-electron chi connectivity index (χ1n) is 4.96. The van der Waals surface area contributed by atoms with Gasteiger partial charge in [0.2, 0.25) is 0 Å². The molecule has 0 aliphatic heterocycles. The average Bonchev–Trinajstić information content (AvgIpc) is 2.25. The Hall–Kier alpha value is -0.950. The molecule has 0 fully saturated rings. The first-order chi connectivity index (χ1) is 6.86. The fraction of sp³-hybridized carbons (Fsp3) is 0.231. The highest BCUT2D eigenvalue weighted by Gasteiger charge is 2.04. The van der Waals surface area contributed by atoms with E-state index in [1.807, 2.05) is 0 Å². The molecule has 0 unspecified atom stereocenters. The highest BCUT2D eigenvalue weighted by atomic mass is 32.2. The number of hydrogen-bond acceptors (Lipinski definition) is 0. The molecular weight excluding hydrogens is 188 g/mol. The maximum absolute atomic E-state index is 2.20. The summed E-state index contributed by atoms with van der Waals surface area (Å²) in [5, 5.41) is 0. The van der Waals surface area contributed by atoms with Crippen LogP contribution in [0.15, 0.2) is 58.4 Å². The summed E-state index contributed by atoms with van der Waals surface area (Å²) in [6.45, 7) is 4.24. The predicted octanol–water partition coefficient (Wildman–Crippen LogP) is 3.73. The van der Waals surface area contributed by atoms with Gasteiger partial charge >= 0.3 is 0 Å². The van der Waals surface area contributed by atoms with Gasteiger partial charge in [-0.05, 0) is 37.6 Å². The van der Waals surface area contributed by atoms with Crippen molar-refractivity contribution in [1.29, 1.82) is 0 Å². The molecule has 0 bridgehead atoms. The molecule has 0 spiro atoms. The Morgan fingerprint density at radius 1 is 1.29 bits per heavy atom. The van der Waals surface area contributed by atoms with E-state index in [-0.39, 0.29) is 0 Å². The van der Waals surface area contributed by atoms with Gasteiger partial charge in [-0.2, -0.15) is 0 Å². The smallest absolute Gasteiger partial charge is 0.0798 e. The van der Waals surface area contributed by atoms with Gasteiger partial charge < -0.3 is 0 Å². The normalized spacial score (nSPS) is 12.3. The molecular formula is C13H17S+. The molecule has 0 saturated heterocycles. The van der Waals surface area contributed by atoms with E-state index in [1.54, 1.807) is 0 Å². The van der Waals surface area contributed by atoms with Crippen LogP contribution in [0.5, 0.6) is 0 Å². The second-order valence-electron chi connectivity index (χ2n) is 2.97. The molecule has 1 aromatic carbocycles. The van der Waals surface area contributed by atoms with E-state index in [4.69, 9.17) is 0 Å². The molecule has 0 aromatic heterocycles. The lowest BCUT2D eigenvalue weighted by molar-refractivity contribution is 1.22. The van der Waals surface area contributed by atoms with Crippen LogP contribution in [-0.4, -0.2) is 0 Å². The van der Waals surface area contributed by atoms with Crippen molar-refractivity contribution in [3.63, 3.8) is 0 Å². The van der Waals surface area contributed by atoms with E-state index in [9.17, 15) is 0 Å². The van der Waals surface area contributed by atoms with Crippen molar-refractivity contribution in [2.45, 2.75) is 25.2 Å². The zero-order valence-corrected chi connectivity index (χ0v) is 9.67. The number of thiol groups is 1. The minimum atomic E-state index is 1.10. The minimum Gasteiger partial charge on any atom is -0.0798 e. The van der Waals surface area contributed by atoms with Gasteiger partial charge in [-0.15, -0.1) is 0 Å². The summed E-state index contributed by atoms with van der Waals surface area (Å²) < 4.78 is 0. The molecule has 0 aliphatic rings. The van der Waals surface area contributed by atoms with Crippen molar-refractivity contribution < 1.29 is 0 Å². The van der Waals surface area contributed by atoms with Crippen LogP contribution in [0.4, 0.5) is 0 Å². The monoisotopic (exact) mass is 205 g/mol. The summed E-state index contributed by atoms with van der Waals surface area (Å²) in [5.41, 5.74) is 0. The maximum atomic E-state index is 2.20. The van der Waals surface area contributed by atoms with E-state index in [1.165, 1.54) is 21.6 Å². The van der Waals surface area contributed by atoms with Gasteiger partial charge in [0.15, 0.2) is 9.80 Å². The lowest BCUT2D eigenvalue weighted by Gasteiger charge is -1.91. The maximum Gasteiger partial charge on any atom is 0.158 e. The van der Waals surface area contributed by atoms with E-state index in [0.717, 1.165) is 6.42 Å². The summed E-state index contributed by atoms with van der Waals surface area (Å²) in [4.78, 5) is 2.71. The predicted molar refractivity (Wildman–Crippen MR) is 66.7 cm³/mol. The van der Waals surface area contributed by atoms with Gasteiger partial charge in [-0.25, -0.2) is 0 Å². The van der Waals surface area contributed by atoms with Crippen LogP contribution in [0.25, 0.3) is 0 Å². The molecule has 1 aromatic rings. The number of hydrogen-bond donors (Lipinski definition) is 0. The van der Waals surface area contributed by atoms with Crippen LogP contribution >= 0.6 is 0 Å². The van der Waals surface area contributed by atoms with Crippen LogP contribution < -0.4 is 0 Å². The van der Waals surface area contributed by atoms with Crippen LogP contribution in [0, 0.1) is 0 Å². The standard InChI is InChI=1S/C13H16S/c1-3-5-9-12(4-2)14-13-10-7-6-8-11-13/h4-11H,3H2,1-2H3/p+1/b9-5-,12-4+. The average molecular weight is 205 g/mol. The Bertz CT molecular complexity index is 309. The van der Waals surface area contributed by atoms with Crippen molar-refractivity contribution >= 4 is 11.8 Å². The second-order valence-corrected chi connectivity index (χ2v) is 4.23. The van der Waals surface area contributed by atoms with Crippen molar-refractivity contribution in [2.24, 2.45) is 0 Å². The Morgan fingerprint density at radius 3 is 2.57 bits per heavy atom. The summed E-state index contributed by atoms with van der Waals surface area (Å²) in [5.74, 6) is 0. The van der Waals surface area contributed by atoms with Crippen LogP contribution in [0.2, 0.25) is 0 Å². The van der Waals surface area contributed by atoms with Crippen LogP contribution in [0.1, 0.15) is 20.3 Å². The van der Waals surface area contributed by atoms with Crippen LogP contribution in [0.3, 0.4) is 0 Å². The Kier molecular flexibility index (Phi) is 5.16. The summed E-state index contributed by atoms with van der Waals surface area (Å²) in [6.07, 6.45) is 7.67. The van der Waals surface area contributed by atoms with E-state index < -0.39 is 0 Å². The van der Waals surface area contributed by atoms with Gasteiger partial charge in [0, 0.05) is 11.8 Å². The molecule has 1 rings (SSSR count). The molecule has 14 heavy (non-hydrogen) atoms. The third-order valence-electron chi connectivity index (χ3n) is 1.83. The molecule has 0 atom stereocenters. The van der Waals surface area contributed by atoms with E-state index in [2.05, 4.69) is 62.4 Å². The molecule has 0 amide bonds. The minimum absolute atomic E-state index is 1.10. The third-order valence-corrected chi connectivity index (χ3v) is 3.06. The second kappa shape index (κ2) is 6.50. The summed E-state index contributed by atoms with van der Waals surface area (Å²) in [7, 11) is 0. The highest BCUT2D eigenvalue weighted by molar-refractivity contribution is 7.83. The summed E-state index contributed by atoms with van der Waals surface area (Å²) >= 11 is 1.29. The van der Waals surface area contributed by atoms with Crippen molar-refractivity contribution in [3.05, 3.63) is 53.5 Å². The van der Waals surface area contributed by atoms with E-state index in [0.29, 0.717) is 0 Å². The lowest BCUT2D eigenvalue weighted by atomic mass is 10.4. The van der Waals surface area contributed by atoms with E-state index >= 15 is 0 Å². The SMILES string of the molecule is C/C=C(\C=C/CC)[SH+]c1ccccc1. The van der Waals surface area contributed by atoms with Gasteiger partial charge in [0.1, 0.15) is 0 Å². The van der Waals surface area contributed by atoms with Gasteiger partial charge in [-0.3, -0.25) is 0 Å². The van der Waals surface area contributed by atoms with Crippen molar-refractivity contribution in [2.75, 3.05) is 0 Å². The van der Waals surface area contributed by atoms with Crippen molar-refractivity contribution in [1.82, 2.24) is 0 Å². The quantitative estimate of drug-likeness (QED) is 0.399. The molecule has 0 aliphatic carbocycles. The fourth-order valence-electron chi connectivity index (χ4n) is 1.09. The van der Waals surface area contributed by atoms with Gasteiger partial charge in [-0.1, -0.05) is 31.2 Å². The molecule has 0 saturated carbocycles. The first kappa shape index (κ1) is 11.1. The number of rotatable bonds is 4. The Labute approximate surface area is 90.7 Å². The van der Waals surface area contributed by atoms with Crippen molar-refractivity contribution in [3.8, 4) is 0 Å². The van der Waals surface area contributed by atoms with Crippen LogP contribution in [-0.2, 0) is 11.8 Å². The molecule has 1 heteroatoms. The molecule has 0 radical (unpaired) electrons. The topological polar surface area (TPSA) is 0 Å². The van der Waals surface area contributed by atoms with Gasteiger partial charge in [0.25, 0.3) is 0 Å². The first-order valence-corrected chi connectivity index (χ1v) is 5.86. The zero-order chi connectivity index (χ0) is 10.2. The number of benzene rings is 1. The summed E-state index contributed by atoms with van der Waals surface area (Å²) in [6, 6.07) is 10.5. The largest absolute Gasteiger partial charge is 0.158 e. The lowest BCUT2D eigenvalue weighted by Crippen LogP contribution is -1.84. The molecule has 74 valence electrons. The molecule has 0 N–H and O–H groups in total. The third kappa shape index (κ3) is 3.84. The highest BCUT2D eigenvalue weighted by Crippen LogP contribution is 2.11.